The van der Waals surface area contributed by atoms with Crippen LogP contribution in [0.5, 0.6) is 0 Å². The van der Waals surface area contributed by atoms with Crippen molar-refractivity contribution in [3.05, 3.63) is 17.5 Å². The Hall–Kier alpha value is -0.830. The van der Waals surface area contributed by atoms with E-state index in [0.29, 0.717) is 5.92 Å². The fourth-order valence-corrected chi connectivity index (χ4v) is 2.76. The molecule has 3 nitrogen and oxygen atoms in total. The molecule has 0 atom stereocenters. The van der Waals surface area contributed by atoms with Gasteiger partial charge >= 0.3 is 0 Å². The first-order valence-corrected chi connectivity index (χ1v) is 6.21. The number of aryl methyl sites for hydroxylation is 2. The third kappa shape index (κ3) is 1.81. The molecule has 3 rings (SSSR count). The van der Waals surface area contributed by atoms with Gasteiger partial charge in [-0.15, -0.1) is 0 Å². The van der Waals surface area contributed by atoms with Crippen LogP contribution in [0.2, 0.25) is 0 Å². The fourth-order valence-electron chi connectivity index (χ4n) is 2.76. The molecular weight excluding hydrogens is 186 g/mol. The summed E-state index contributed by atoms with van der Waals surface area (Å²) < 4.78 is 2.24. The summed E-state index contributed by atoms with van der Waals surface area (Å²) in [6.45, 7) is 3.46. The minimum atomic E-state index is 0.712. The molecule has 1 aromatic heterocycles. The molecule has 0 saturated carbocycles. The molecule has 0 bridgehead atoms. The number of rotatable bonds is 1. The van der Waals surface area contributed by atoms with Crippen molar-refractivity contribution < 1.29 is 0 Å². The van der Waals surface area contributed by atoms with Crippen LogP contribution < -0.4 is 5.32 Å². The molecule has 82 valence electrons. The lowest BCUT2D eigenvalue weighted by Crippen LogP contribution is -2.26. The SMILES string of the molecule is c1c(C2CCNCC2)nn2c1CCCC2. The van der Waals surface area contributed by atoms with E-state index in [1.165, 1.54) is 43.5 Å². The molecule has 1 aromatic rings. The lowest BCUT2D eigenvalue weighted by atomic mass is 9.94. The van der Waals surface area contributed by atoms with Crippen LogP contribution in [0.1, 0.15) is 43.0 Å². The second kappa shape index (κ2) is 3.97. The first kappa shape index (κ1) is 9.40. The maximum atomic E-state index is 4.76. The van der Waals surface area contributed by atoms with Crippen LogP contribution in [0.3, 0.4) is 0 Å². The standard InChI is InChI=1S/C12H19N3/c1-2-8-15-11(3-1)9-12(14-15)10-4-6-13-7-5-10/h9-10,13H,1-8H2. The molecular formula is C12H19N3. The molecule has 0 amide bonds. The highest BCUT2D eigenvalue weighted by atomic mass is 15.3. The van der Waals surface area contributed by atoms with Gasteiger partial charge in [0.2, 0.25) is 0 Å². The number of aromatic nitrogens is 2. The van der Waals surface area contributed by atoms with E-state index in [0.717, 1.165) is 19.6 Å². The molecule has 1 N–H and O–H groups in total. The predicted octanol–water partition coefficient (Wildman–Crippen LogP) is 1.69. The maximum absolute atomic E-state index is 4.76. The van der Waals surface area contributed by atoms with Crippen LogP contribution in [0.4, 0.5) is 0 Å². The van der Waals surface area contributed by atoms with Gasteiger partial charge in [-0.2, -0.15) is 5.10 Å². The van der Waals surface area contributed by atoms with E-state index in [9.17, 15) is 0 Å². The average Bonchev–Trinajstić information content (AvgIpc) is 2.74. The van der Waals surface area contributed by atoms with E-state index in [4.69, 9.17) is 5.10 Å². The molecule has 3 heteroatoms. The Labute approximate surface area is 90.9 Å². The van der Waals surface area contributed by atoms with Crippen molar-refractivity contribution in [2.24, 2.45) is 0 Å². The van der Waals surface area contributed by atoms with Crippen LogP contribution in [0.15, 0.2) is 6.07 Å². The third-order valence-corrected chi connectivity index (χ3v) is 3.69. The Kier molecular flexibility index (Phi) is 2.49. The zero-order valence-corrected chi connectivity index (χ0v) is 9.21. The number of fused-ring (bicyclic) bond motifs is 1. The van der Waals surface area contributed by atoms with Crippen molar-refractivity contribution in [1.82, 2.24) is 15.1 Å². The number of nitrogens with zero attached hydrogens (tertiary/aromatic N) is 2. The quantitative estimate of drug-likeness (QED) is 0.756. The van der Waals surface area contributed by atoms with Crippen molar-refractivity contribution in [2.75, 3.05) is 13.1 Å². The Morgan fingerprint density at radius 3 is 2.93 bits per heavy atom. The topological polar surface area (TPSA) is 29.9 Å². The molecule has 0 radical (unpaired) electrons. The Bertz CT molecular complexity index is 313. The lowest BCUT2D eigenvalue weighted by Gasteiger charge is -2.20. The maximum Gasteiger partial charge on any atom is 0.0659 e. The fraction of sp³-hybridized carbons (Fsp3) is 0.750. The second-order valence-electron chi connectivity index (χ2n) is 4.77. The largest absolute Gasteiger partial charge is 0.317 e. The molecule has 1 saturated heterocycles. The van der Waals surface area contributed by atoms with Gasteiger partial charge in [0, 0.05) is 18.2 Å². The smallest absolute Gasteiger partial charge is 0.0659 e. The minimum Gasteiger partial charge on any atom is -0.317 e. The molecule has 1 fully saturated rings. The summed E-state index contributed by atoms with van der Waals surface area (Å²) in [5.74, 6) is 0.712. The molecule has 0 spiro atoms. The summed E-state index contributed by atoms with van der Waals surface area (Å²) in [4.78, 5) is 0. The third-order valence-electron chi connectivity index (χ3n) is 3.69. The first-order chi connectivity index (χ1) is 7.43. The first-order valence-electron chi connectivity index (χ1n) is 6.21. The van der Waals surface area contributed by atoms with E-state index in [1.54, 1.807) is 0 Å². The number of piperidine rings is 1. The normalized spacial score (nSPS) is 22.7. The molecule has 15 heavy (non-hydrogen) atoms. The highest BCUT2D eigenvalue weighted by Gasteiger charge is 2.20. The summed E-state index contributed by atoms with van der Waals surface area (Å²) in [7, 11) is 0. The second-order valence-corrected chi connectivity index (χ2v) is 4.77. The van der Waals surface area contributed by atoms with Crippen LogP contribution in [0.25, 0.3) is 0 Å². The summed E-state index contributed by atoms with van der Waals surface area (Å²) in [5, 5.41) is 8.17. The van der Waals surface area contributed by atoms with Crippen LogP contribution in [-0.4, -0.2) is 22.9 Å². The molecule has 2 aliphatic rings. The molecule has 0 aromatic carbocycles. The summed E-state index contributed by atoms with van der Waals surface area (Å²) in [5.41, 5.74) is 2.82. The van der Waals surface area contributed by atoms with Gasteiger partial charge in [-0.05, 0) is 51.3 Å². The summed E-state index contributed by atoms with van der Waals surface area (Å²) in [6, 6.07) is 2.36. The molecule has 3 heterocycles. The van der Waals surface area contributed by atoms with Crippen molar-refractivity contribution in [2.45, 2.75) is 44.6 Å². The van der Waals surface area contributed by atoms with Crippen LogP contribution in [0, 0.1) is 0 Å². The van der Waals surface area contributed by atoms with Gasteiger partial charge in [0.25, 0.3) is 0 Å². The zero-order valence-electron chi connectivity index (χ0n) is 9.21. The Morgan fingerprint density at radius 1 is 1.27 bits per heavy atom. The monoisotopic (exact) mass is 205 g/mol. The van der Waals surface area contributed by atoms with Gasteiger partial charge in [0.15, 0.2) is 0 Å². The highest BCUT2D eigenvalue weighted by Crippen LogP contribution is 2.26. The number of nitrogens with one attached hydrogen (secondary N) is 1. The molecule has 0 aliphatic carbocycles. The lowest BCUT2D eigenvalue weighted by molar-refractivity contribution is 0.439. The van der Waals surface area contributed by atoms with Crippen molar-refractivity contribution in [1.29, 1.82) is 0 Å². The zero-order chi connectivity index (χ0) is 10.1. The molecule has 2 aliphatic heterocycles. The Balaban J connectivity index is 1.82. The van der Waals surface area contributed by atoms with Crippen LogP contribution in [-0.2, 0) is 13.0 Å². The van der Waals surface area contributed by atoms with E-state index >= 15 is 0 Å². The summed E-state index contributed by atoms with van der Waals surface area (Å²) >= 11 is 0. The highest BCUT2D eigenvalue weighted by molar-refractivity contribution is 5.16. The number of hydrogen-bond acceptors (Lipinski definition) is 2. The van der Waals surface area contributed by atoms with Gasteiger partial charge in [0.05, 0.1) is 5.69 Å². The van der Waals surface area contributed by atoms with Gasteiger partial charge in [-0.25, -0.2) is 0 Å². The van der Waals surface area contributed by atoms with Crippen LogP contribution >= 0.6 is 0 Å². The van der Waals surface area contributed by atoms with Gasteiger partial charge in [-0.1, -0.05) is 0 Å². The predicted molar refractivity (Wildman–Crippen MR) is 60.0 cm³/mol. The van der Waals surface area contributed by atoms with E-state index in [-0.39, 0.29) is 0 Å². The van der Waals surface area contributed by atoms with Crippen molar-refractivity contribution >= 4 is 0 Å². The van der Waals surface area contributed by atoms with E-state index in [2.05, 4.69) is 16.1 Å². The number of hydrogen-bond donors (Lipinski definition) is 1. The van der Waals surface area contributed by atoms with Crippen molar-refractivity contribution in [3.63, 3.8) is 0 Å². The van der Waals surface area contributed by atoms with Gasteiger partial charge in [0.1, 0.15) is 0 Å². The van der Waals surface area contributed by atoms with E-state index in [1.807, 2.05) is 0 Å². The average molecular weight is 205 g/mol. The van der Waals surface area contributed by atoms with E-state index < -0.39 is 0 Å². The van der Waals surface area contributed by atoms with Gasteiger partial charge < -0.3 is 5.32 Å². The summed E-state index contributed by atoms with van der Waals surface area (Å²) in [6.07, 6.45) is 6.41. The van der Waals surface area contributed by atoms with Gasteiger partial charge in [-0.3, -0.25) is 4.68 Å². The van der Waals surface area contributed by atoms with Crippen molar-refractivity contribution in [3.8, 4) is 0 Å². The Morgan fingerprint density at radius 2 is 2.13 bits per heavy atom. The minimum absolute atomic E-state index is 0.712. The molecule has 0 unspecified atom stereocenters.